The Morgan fingerprint density at radius 3 is 2.26 bits per heavy atom. The fourth-order valence-corrected chi connectivity index (χ4v) is 3.56. The predicted molar refractivity (Wildman–Crippen MR) is 73.4 cm³/mol. The van der Waals surface area contributed by atoms with Crippen LogP contribution in [0, 0.1) is 17.3 Å². The van der Waals surface area contributed by atoms with Crippen LogP contribution >= 0.6 is 0 Å². The minimum Gasteiger partial charge on any atom is -0.364 e. The molecule has 2 fully saturated rings. The molecule has 112 valence electrons. The summed E-state index contributed by atoms with van der Waals surface area (Å²) >= 11 is 0. The van der Waals surface area contributed by atoms with Crippen LogP contribution in [0.15, 0.2) is 0 Å². The molecule has 3 nitrogen and oxygen atoms in total. The van der Waals surface area contributed by atoms with Crippen LogP contribution in [0.1, 0.15) is 47.5 Å². The number of alkyl halides is 1. The molecule has 2 N–H and O–H groups in total. The summed E-state index contributed by atoms with van der Waals surface area (Å²) in [5.41, 5.74) is -0.946. The molecule has 4 heteroatoms. The molecule has 0 radical (unpaired) electrons. The van der Waals surface area contributed by atoms with Crippen LogP contribution in [0.4, 0.5) is 4.39 Å². The third kappa shape index (κ3) is 2.12. The van der Waals surface area contributed by atoms with E-state index in [2.05, 4.69) is 18.7 Å². The van der Waals surface area contributed by atoms with Crippen molar-refractivity contribution >= 4 is 0 Å². The highest BCUT2D eigenvalue weighted by Crippen LogP contribution is 2.53. The normalized spacial score (nSPS) is 39.0. The molecule has 0 amide bonds. The zero-order valence-electron chi connectivity index (χ0n) is 12.8. The lowest BCUT2D eigenvalue weighted by Crippen LogP contribution is -2.67. The molecule has 1 saturated carbocycles. The Balaban J connectivity index is 2.29. The number of nitrogens with zero attached hydrogens (tertiary/aromatic N) is 1. The molecular formula is C15H28FNO2. The van der Waals surface area contributed by atoms with Crippen LogP contribution in [-0.2, 0) is 0 Å². The van der Waals surface area contributed by atoms with E-state index in [4.69, 9.17) is 0 Å². The number of likely N-dealkylation sites (tertiary alicyclic amines) is 1. The average molecular weight is 273 g/mol. The van der Waals surface area contributed by atoms with Crippen LogP contribution in [0.2, 0.25) is 0 Å². The van der Waals surface area contributed by atoms with Crippen molar-refractivity contribution in [2.75, 3.05) is 13.1 Å². The molecule has 2 unspecified atom stereocenters. The van der Waals surface area contributed by atoms with Crippen molar-refractivity contribution in [2.45, 2.75) is 65.0 Å². The predicted octanol–water partition coefficient (Wildman–Crippen LogP) is 2.17. The molecule has 0 aromatic carbocycles. The van der Waals surface area contributed by atoms with E-state index >= 15 is 0 Å². The van der Waals surface area contributed by atoms with Gasteiger partial charge in [-0.2, -0.15) is 0 Å². The molecule has 0 aromatic heterocycles. The second kappa shape index (κ2) is 4.40. The summed E-state index contributed by atoms with van der Waals surface area (Å²) < 4.78 is 13.2. The van der Waals surface area contributed by atoms with Crippen molar-refractivity contribution in [2.24, 2.45) is 17.3 Å². The van der Waals surface area contributed by atoms with Crippen molar-refractivity contribution in [1.29, 1.82) is 0 Å². The molecular weight excluding hydrogens is 245 g/mol. The van der Waals surface area contributed by atoms with Gasteiger partial charge in [-0.15, -0.1) is 0 Å². The Hall–Kier alpha value is -0.190. The quantitative estimate of drug-likeness (QED) is 0.772. The monoisotopic (exact) mass is 273 g/mol. The second-order valence-electron chi connectivity index (χ2n) is 7.54. The summed E-state index contributed by atoms with van der Waals surface area (Å²) in [5, 5.41) is 21.4. The molecule has 1 saturated heterocycles. The van der Waals surface area contributed by atoms with E-state index in [1.807, 2.05) is 20.8 Å². The van der Waals surface area contributed by atoms with Crippen LogP contribution in [0.3, 0.4) is 0 Å². The first-order valence-corrected chi connectivity index (χ1v) is 7.38. The number of rotatable bonds is 4. The number of aliphatic hydroxyl groups is 2. The number of hydrogen-bond donors (Lipinski definition) is 2. The molecule has 0 spiro atoms. The molecule has 1 aliphatic heterocycles. The van der Waals surface area contributed by atoms with E-state index in [1.54, 1.807) is 0 Å². The molecule has 0 bridgehead atoms. The summed E-state index contributed by atoms with van der Waals surface area (Å²) in [4.78, 5) is 2.11. The molecule has 3 atom stereocenters. The van der Waals surface area contributed by atoms with Gasteiger partial charge in [0.05, 0.1) is 5.54 Å². The summed E-state index contributed by atoms with van der Waals surface area (Å²) in [6.07, 6.45) is 0.834. The van der Waals surface area contributed by atoms with Gasteiger partial charge in [0.15, 0.2) is 5.79 Å². The van der Waals surface area contributed by atoms with Crippen LogP contribution in [0.25, 0.3) is 0 Å². The van der Waals surface area contributed by atoms with Crippen LogP contribution in [0.5, 0.6) is 0 Å². The number of halogens is 1. The molecule has 1 heterocycles. The Labute approximate surface area is 115 Å². The topological polar surface area (TPSA) is 43.7 Å². The van der Waals surface area contributed by atoms with Gasteiger partial charge in [0.25, 0.3) is 0 Å². The zero-order chi connectivity index (χ0) is 14.6. The highest BCUT2D eigenvalue weighted by Gasteiger charge is 2.63. The highest BCUT2D eigenvalue weighted by molar-refractivity contribution is 5.13. The van der Waals surface area contributed by atoms with Gasteiger partial charge in [0, 0.05) is 18.4 Å². The van der Waals surface area contributed by atoms with Crippen molar-refractivity contribution in [3.8, 4) is 0 Å². The lowest BCUT2D eigenvalue weighted by atomic mass is 9.66. The summed E-state index contributed by atoms with van der Waals surface area (Å²) in [6.45, 7) is 11.2. The van der Waals surface area contributed by atoms with Crippen molar-refractivity contribution in [1.82, 2.24) is 4.90 Å². The SMILES string of the molecule is CC(C)C(O)(O)[C@]1(C)N(CC2CC2F)CCC1(C)C. The molecule has 1 aliphatic carbocycles. The standard InChI is InChI=1S/C15H28FNO2/c1-10(2)15(18,19)14(5)13(3,4)6-7-17(14)9-11-8-12(11)16/h10-12,18-19H,6-9H2,1-5H3/t11?,12?,14-/m1/s1. The summed E-state index contributed by atoms with van der Waals surface area (Å²) in [6, 6.07) is 0. The Morgan fingerprint density at radius 1 is 1.32 bits per heavy atom. The maximum absolute atomic E-state index is 13.2. The third-order valence-electron chi connectivity index (χ3n) is 5.77. The zero-order valence-corrected chi connectivity index (χ0v) is 12.8. The van der Waals surface area contributed by atoms with Gasteiger partial charge in [-0.1, -0.05) is 27.7 Å². The first kappa shape index (κ1) is 15.2. The van der Waals surface area contributed by atoms with E-state index in [-0.39, 0.29) is 17.3 Å². The largest absolute Gasteiger partial charge is 0.364 e. The lowest BCUT2D eigenvalue weighted by Gasteiger charge is -2.53. The summed E-state index contributed by atoms with van der Waals surface area (Å²) in [7, 11) is 0. The van der Waals surface area contributed by atoms with Crippen molar-refractivity contribution < 1.29 is 14.6 Å². The van der Waals surface area contributed by atoms with E-state index in [1.165, 1.54) is 0 Å². The minimum absolute atomic E-state index is 0.0798. The van der Waals surface area contributed by atoms with Crippen molar-refractivity contribution in [3.63, 3.8) is 0 Å². The van der Waals surface area contributed by atoms with Gasteiger partial charge in [-0.05, 0) is 31.7 Å². The van der Waals surface area contributed by atoms with Gasteiger partial charge < -0.3 is 10.2 Å². The molecule has 19 heavy (non-hydrogen) atoms. The van der Waals surface area contributed by atoms with Gasteiger partial charge >= 0.3 is 0 Å². The minimum atomic E-state index is -1.77. The van der Waals surface area contributed by atoms with Gasteiger partial charge in [0.2, 0.25) is 0 Å². The fourth-order valence-electron chi connectivity index (χ4n) is 3.56. The van der Waals surface area contributed by atoms with E-state index in [0.717, 1.165) is 13.0 Å². The Bertz CT molecular complexity index is 356. The molecule has 0 aromatic rings. The second-order valence-corrected chi connectivity index (χ2v) is 7.54. The van der Waals surface area contributed by atoms with Gasteiger partial charge in [0.1, 0.15) is 6.17 Å². The van der Waals surface area contributed by atoms with E-state index < -0.39 is 17.5 Å². The third-order valence-corrected chi connectivity index (χ3v) is 5.77. The van der Waals surface area contributed by atoms with Gasteiger partial charge in [-0.3, -0.25) is 4.90 Å². The van der Waals surface area contributed by atoms with Crippen LogP contribution in [-0.4, -0.2) is 45.7 Å². The molecule has 2 aliphatic rings. The Kier molecular flexibility index (Phi) is 3.52. The fraction of sp³-hybridized carbons (Fsp3) is 1.00. The first-order chi connectivity index (χ1) is 8.54. The summed E-state index contributed by atoms with van der Waals surface area (Å²) in [5.74, 6) is -1.96. The maximum Gasteiger partial charge on any atom is 0.184 e. The average Bonchev–Trinajstić information content (AvgIpc) is 2.92. The number of hydrogen-bond acceptors (Lipinski definition) is 3. The van der Waals surface area contributed by atoms with E-state index in [0.29, 0.717) is 13.0 Å². The van der Waals surface area contributed by atoms with Crippen LogP contribution < -0.4 is 0 Å². The molecule has 2 rings (SSSR count). The highest BCUT2D eigenvalue weighted by atomic mass is 19.1. The maximum atomic E-state index is 13.2. The van der Waals surface area contributed by atoms with Crippen molar-refractivity contribution in [3.05, 3.63) is 0 Å². The van der Waals surface area contributed by atoms with E-state index in [9.17, 15) is 14.6 Å². The lowest BCUT2D eigenvalue weighted by molar-refractivity contribution is -0.283. The van der Waals surface area contributed by atoms with Gasteiger partial charge in [-0.25, -0.2) is 4.39 Å². The Morgan fingerprint density at radius 2 is 1.84 bits per heavy atom. The first-order valence-electron chi connectivity index (χ1n) is 7.38. The smallest absolute Gasteiger partial charge is 0.184 e.